The van der Waals surface area contributed by atoms with Crippen molar-refractivity contribution >= 4 is 20.3 Å². The summed E-state index contributed by atoms with van der Waals surface area (Å²) in [5, 5.41) is 0. The average Bonchev–Trinajstić information content (AvgIpc) is 0.918. The summed E-state index contributed by atoms with van der Waals surface area (Å²) < 4.78 is 16.8. The van der Waals surface area contributed by atoms with Gasteiger partial charge in [-0.25, -0.2) is 0 Å². The first kappa shape index (κ1) is 17.2. The standard InChI is InChI=1S/O2Si.Si.Ti/c1-3-2;;. The third-order valence-electron chi connectivity index (χ3n) is 0. The predicted molar refractivity (Wildman–Crippen MR) is 12.9 cm³/mol. The van der Waals surface area contributed by atoms with Crippen LogP contribution in [0.1, 0.15) is 0 Å². The van der Waals surface area contributed by atoms with Gasteiger partial charge < -0.3 is 0 Å². The van der Waals surface area contributed by atoms with E-state index in [0.717, 1.165) is 0 Å². The summed E-state index contributed by atoms with van der Waals surface area (Å²) >= 11 is 0. The monoisotopic (exact) mass is 136 g/mol. The Kier molecular flexibility index (Phi) is 74.9. The molecular weight excluding hydrogens is 136 g/mol. The quantitative estimate of drug-likeness (QED) is 0.400. The first-order chi connectivity index (χ1) is 1.41. The maximum Gasteiger partial charge on any atom is 0.549 e. The van der Waals surface area contributed by atoms with Crippen molar-refractivity contribution in [1.29, 1.82) is 0 Å². The van der Waals surface area contributed by atoms with Crippen LogP contribution in [-0.4, -0.2) is 20.3 Å². The van der Waals surface area contributed by atoms with Crippen LogP contribution in [0.4, 0.5) is 0 Å². The molecule has 0 saturated carbocycles. The molecule has 0 aliphatic carbocycles. The van der Waals surface area contributed by atoms with Gasteiger partial charge >= 0.3 is 9.29 Å². The molecule has 0 aromatic rings. The number of hydrogen-bond donors (Lipinski definition) is 0. The normalized spacial score (nSPS) is 1.60. The third-order valence-corrected chi connectivity index (χ3v) is 0. The van der Waals surface area contributed by atoms with Gasteiger partial charge in [0.15, 0.2) is 0 Å². The van der Waals surface area contributed by atoms with Gasteiger partial charge in [0.25, 0.3) is 0 Å². The van der Waals surface area contributed by atoms with Gasteiger partial charge in [-0.15, -0.1) is 0 Å². The fraction of sp³-hybridized carbons (Fsp3) is 0. The summed E-state index contributed by atoms with van der Waals surface area (Å²) in [4.78, 5) is 0. The smallest absolute Gasteiger partial charge is 0.274 e. The molecule has 5 heteroatoms. The van der Waals surface area contributed by atoms with Crippen LogP contribution in [-0.2, 0) is 30.6 Å². The zero-order valence-corrected chi connectivity index (χ0v) is 5.88. The molecule has 0 aliphatic rings. The average molecular weight is 136 g/mol. The fourth-order valence-electron chi connectivity index (χ4n) is 0. The minimum Gasteiger partial charge on any atom is -0.274 e. The minimum absolute atomic E-state index is 0. The second kappa shape index (κ2) is 21.8. The molecule has 0 N–H and O–H groups in total. The SMILES string of the molecule is O=[Si]=O.[Si].[Ti]. The largest absolute Gasteiger partial charge is 0.549 e. The zero-order chi connectivity index (χ0) is 2.71. The van der Waals surface area contributed by atoms with Crippen LogP contribution in [0.2, 0.25) is 0 Å². The summed E-state index contributed by atoms with van der Waals surface area (Å²) in [7, 11) is -1.42. The van der Waals surface area contributed by atoms with Crippen LogP contribution < -0.4 is 0 Å². The molecule has 24 valence electrons. The van der Waals surface area contributed by atoms with Gasteiger partial charge in [0.2, 0.25) is 0 Å². The van der Waals surface area contributed by atoms with E-state index in [1.54, 1.807) is 0 Å². The predicted octanol–water partition coefficient (Wildman–Crippen LogP) is -1.00. The second-order valence-corrected chi connectivity index (χ2v) is 0.250. The van der Waals surface area contributed by atoms with Crippen molar-refractivity contribution in [3.63, 3.8) is 0 Å². The van der Waals surface area contributed by atoms with Crippen LogP contribution >= 0.6 is 0 Å². The molecule has 0 saturated heterocycles. The Hall–Kier alpha value is 0.748. The maximum absolute atomic E-state index is 8.40. The Labute approximate surface area is 51.2 Å². The van der Waals surface area contributed by atoms with E-state index in [4.69, 9.17) is 8.92 Å². The van der Waals surface area contributed by atoms with Gasteiger partial charge in [-0.1, -0.05) is 0 Å². The van der Waals surface area contributed by atoms with Gasteiger partial charge in [0, 0.05) is 32.7 Å². The van der Waals surface area contributed by atoms with Gasteiger partial charge in [-0.2, -0.15) is 0 Å². The third kappa shape index (κ3) is 64.1. The summed E-state index contributed by atoms with van der Waals surface area (Å²) in [6.07, 6.45) is 0. The molecule has 4 radical (unpaired) electrons. The Balaban J connectivity index is -0.0000000200. The van der Waals surface area contributed by atoms with Crippen molar-refractivity contribution in [2.75, 3.05) is 0 Å². The molecule has 0 fully saturated rings. The van der Waals surface area contributed by atoms with Crippen molar-refractivity contribution < 1.29 is 30.6 Å². The van der Waals surface area contributed by atoms with Gasteiger partial charge in [-0.05, 0) is 0 Å². The van der Waals surface area contributed by atoms with Crippen molar-refractivity contribution in [3.05, 3.63) is 0 Å². The summed E-state index contributed by atoms with van der Waals surface area (Å²) in [5.74, 6) is 0. The van der Waals surface area contributed by atoms with Gasteiger partial charge in [0.1, 0.15) is 0 Å². The number of hydrogen-bond acceptors (Lipinski definition) is 2. The summed E-state index contributed by atoms with van der Waals surface area (Å²) in [6.45, 7) is 0. The molecule has 0 amide bonds. The Bertz CT molecular complexity index is 28.6. The first-order valence-corrected chi connectivity index (χ1v) is 1.22. The summed E-state index contributed by atoms with van der Waals surface area (Å²) in [5.41, 5.74) is 0. The van der Waals surface area contributed by atoms with E-state index in [-0.39, 0.29) is 32.7 Å². The van der Waals surface area contributed by atoms with E-state index < -0.39 is 9.29 Å². The molecule has 0 atom stereocenters. The molecule has 0 aromatic carbocycles. The van der Waals surface area contributed by atoms with Gasteiger partial charge in [0.05, 0.1) is 0 Å². The Morgan fingerprint density at radius 2 is 1.20 bits per heavy atom. The van der Waals surface area contributed by atoms with Crippen LogP contribution in [0, 0.1) is 0 Å². The van der Waals surface area contributed by atoms with Gasteiger partial charge in [-0.3, -0.25) is 8.92 Å². The molecule has 0 aliphatic heterocycles. The van der Waals surface area contributed by atoms with Crippen molar-refractivity contribution in [3.8, 4) is 0 Å². The molecule has 0 rings (SSSR count). The van der Waals surface area contributed by atoms with E-state index in [0.29, 0.717) is 0 Å². The molecule has 0 spiro atoms. The Morgan fingerprint density at radius 1 is 1.20 bits per heavy atom. The second-order valence-electron chi connectivity index (χ2n) is 0.0833. The van der Waals surface area contributed by atoms with Crippen molar-refractivity contribution in [2.45, 2.75) is 0 Å². The molecular formula is O2Si2Ti. The van der Waals surface area contributed by atoms with E-state index in [1.165, 1.54) is 0 Å². The van der Waals surface area contributed by atoms with Crippen LogP contribution in [0.5, 0.6) is 0 Å². The molecule has 0 unspecified atom stereocenters. The van der Waals surface area contributed by atoms with E-state index in [1.807, 2.05) is 0 Å². The van der Waals surface area contributed by atoms with Crippen molar-refractivity contribution in [1.82, 2.24) is 0 Å². The maximum atomic E-state index is 8.40. The molecule has 0 bridgehead atoms. The molecule has 2 nitrogen and oxygen atoms in total. The minimum atomic E-state index is -1.42. The number of rotatable bonds is 0. The van der Waals surface area contributed by atoms with Crippen LogP contribution in [0.15, 0.2) is 0 Å². The summed E-state index contributed by atoms with van der Waals surface area (Å²) in [6, 6.07) is 0. The molecule has 0 aromatic heterocycles. The molecule has 0 heterocycles. The van der Waals surface area contributed by atoms with Crippen molar-refractivity contribution in [2.24, 2.45) is 0 Å². The van der Waals surface area contributed by atoms with Crippen LogP contribution in [0.3, 0.4) is 0 Å². The fourth-order valence-corrected chi connectivity index (χ4v) is 0. The molecule has 5 heavy (non-hydrogen) atoms. The first-order valence-electron chi connectivity index (χ1n) is 0.408. The van der Waals surface area contributed by atoms with E-state index in [9.17, 15) is 0 Å². The van der Waals surface area contributed by atoms with E-state index >= 15 is 0 Å². The topological polar surface area (TPSA) is 34.1 Å². The van der Waals surface area contributed by atoms with Crippen LogP contribution in [0.25, 0.3) is 0 Å². The van der Waals surface area contributed by atoms with E-state index in [2.05, 4.69) is 0 Å². The Morgan fingerprint density at radius 3 is 1.20 bits per heavy atom. The zero-order valence-electron chi connectivity index (χ0n) is 2.32.